The third-order valence-electron chi connectivity index (χ3n) is 7.36. The Balaban J connectivity index is 1.03. The summed E-state index contributed by atoms with van der Waals surface area (Å²) in [6, 6.07) is 25.9. The molecule has 1 saturated heterocycles. The maximum atomic E-state index is 13.4. The highest BCUT2D eigenvalue weighted by atomic mass is 35.5. The molecule has 0 spiro atoms. The van der Waals surface area contributed by atoms with Crippen LogP contribution >= 0.6 is 23.4 Å². The van der Waals surface area contributed by atoms with E-state index in [4.69, 9.17) is 26.1 Å². The van der Waals surface area contributed by atoms with Crippen molar-refractivity contribution in [2.45, 2.75) is 24.0 Å². The van der Waals surface area contributed by atoms with Gasteiger partial charge in [0, 0.05) is 63.7 Å². The van der Waals surface area contributed by atoms with Gasteiger partial charge in [-0.2, -0.15) is 0 Å². The lowest BCUT2D eigenvalue weighted by molar-refractivity contribution is 0.0628. The summed E-state index contributed by atoms with van der Waals surface area (Å²) in [7, 11) is 1.99. The summed E-state index contributed by atoms with van der Waals surface area (Å²) in [6.07, 6.45) is 0. The van der Waals surface area contributed by atoms with E-state index in [1.54, 1.807) is 6.07 Å². The lowest BCUT2D eigenvalue weighted by Gasteiger charge is -2.34. The van der Waals surface area contributed by atoms with Crippen LogP contribution in [-0.2, 0) is 18.8 Å². The second-order valence-electron chi connectivity index (χ2n) is 10.4. The Morgan fingerprint density at radius 2 is 1.67 bits per heavy atom. The molecular formula is C32H32ClN5O3S. The molecule has 0 aliphatic carbocycles. The Morgan fingerprint density at radius 1 is 0.881 bits per heavy atom. The molecule has 0 unspecified atom stereocenters. The fourth-order valence-corrected chi connectivity index (χ4v) is 6.14. The molecule has 42 heavy (non-hydrogen) atoms. The monoisotopic (exact) mass is 601 g/mol. The maximum absolute atomic E-state index is 13.4. The Hall–Kier alpha value is -3.79. The van der Waals surface area contributed by atoms with Gasteiger partial charge in [-0.3, -0.25) is 9.69 Å². The largest absolute Gasteiger partial charge is 0.454 e. The van der Waals surface area contributed by atoms with Gasteiger partial charge in [-0.15, -0.1) is 0 Å². The smallest absolute Gasteiger partial charge is 0.253 e. The number of piperazine rings is 1. The molecule has 3 heterocycles. The molecule has 0 atom stereocenters. The van der Waals surface area contributed by atoms with E-state index in [0.29, 0.717) is 34.7 Å². The fourth-order valence-electron chi connectivity index (χ4n) is 5.11. The second kappa shape index (κ2) is 13.0. The van der Waals surface area contributed by atoms with Gasteiger partial charge in [-0.1, -0.05) is 71.9 Å². The van der Waals surface area contributed by atoms with Gasteiger partial charge in [0.05, 0.1) is 0 Å². The van der Waals surface area contributed by atoms with Gasteiger partial charge >= 0.3 is 0 Å². The molecule has 0 bridgehead atoms. The van der Waals surface area contributed by atoms with Crippen molar-refractivity contribution < 1.29 is 14.3 Å². The number of ether oxygens (including phenoxy) is 2. The molecule has 2 aliphatic rings. The fraction of sp³-hybridized carbons (Fsp3) is 0.281. The van der Waals surface area contributed by atoms with E-state index in [9.17, 15) is 4.79 Å². The highest BCUT2D eigenvalue weighted by molar-refractivity contribution is 7.98. The Morgan fingerprint density at radius 3 is 2.50 bits per heavy atom. The number of carbonyl (C=O) groups is 1. The highest BCUT2D eigenvalue weighted by Crippen LogP contribution is 2.33. The van der Waals surface area contributed by atoms with E-state index in [1.807, 2.05) is 66.5 Å². The van der Waals surface area contributed by atoms with Gasteiger partial charge in [0.1, 0.15) is 11.0 Å². The minimum absolute atomic E-state index is 0.0633. The number of fused-ring (bicyclic) bond motifs is 1. The summed E-state index contributed by atoms with van der Waals surface area (Å²) in [5, 5.41) is 1.01. The molecule has 10 heteroatoms. The molecule has 6 rings (SSSR count). The SMILES string of the molecule is CN(Cc1ccccc1)c1cc(Cl)nc(SCc2cccc(C(=O)N3CCN(Cc4ccc5c(c4)OCO5)CC3)c2)n1. The number of benzene rings is 3. The zero-order valence-electron chi connectivity index (χ0n) is 23.4. The van der Waals surface area contributed by atoms with E-state index in [-0.39, 0.29) is 12.7 Å². The number of rotatable bonds is 9. The number of nitrogens with zero attached hydrogens (tertiary/aromatic N) is 5. The number of anilines is 1. The molecule has 216 valence electrons. The molecule has 4 aromatic rings. The van der Waals surface area contributed by atoms with Crippen molar-refractivity contribution in [1.29, 1.82) is 0 Å². The minimum Gasteiger partial charge on any atom is -0.454 e. The number of aromatic nitrogens is 2. The first-order valence-electron chi connectivity index (χ1n) is 13.9. The van der Waals surface area contributed by atoms with Gasteiger partial charge in [0.2, 0.25) is 6.79 Å². The van der Waals surface area contributed by atoms with Crippen LogP contribution in [0.3, 0.4) is 0 Å². The van der Waals surface area contributed by atoms with Gasteiger partial charge < -0.3 is 19.3 Å². The van der Waals surface area contributed by atoms with Crippen LogP contribution in [0.5, 0.6) is 11.5 Å². The first-order chi connectivity index (χ1) is 20.5. The summed E-state index contributed by atoms with van der Waals surface area (Å²) in [5.74, 6) is 3.06. The molecule has 8 nitrogen and oxygen atoms in total. The zero-order valence-corrected chi connectivity index (χ0v) is 25.0. The standard InChI is InChI=1S/C32H32ClN5O3S/c1-36(19-23-6-3-2-4-7-23)30-18-29(33)34-32(35-30)42-21-25-8-5-9-26(16-25)31(39)38-14-12-37(13-15-38)20-24-10-11-27-28(17-24)41-22-40-27/h2-11,16-18H,12-15,19-22H2,1H3. The van der Waals surface area contributed by atoms with E-state index in [2.05, 4.69) is 33.0 Å². The van der Waals surface area contributed by atoms with Crippen molar-refractivity contribution in [2.24, 2.45) is 0 Å². The predicted octanol–water partition coefficient (Wildman–Crippen LogP) is 5.75. The van der Waals surface area contributed by atoms with Crippen molar-refractivity contribution >= 4 is 35.1 Å². The molecule has 1 aromatic heterocycles. The molecule has 1 fully saturated rings. The van der Waals surface area contributed by atoms with Crippen LogP contribution in [0.4, 0.5) is 5.82 Å². The van der Waals surface area contributed by atoms with Crippen LogP contribution in [0.1, 0.15) is 27.0 Å². The van der Waals surface area contributed by atoms with Crippen LogP contribution in [-0.4, -0.2) is 65.7 Å². The van der Waals surface area contributed by atoms with E-state index in [0.717, 1.165) is 49.1 Å². The molecule has 2 aliphatic heterocycles. The average Bonchev–Trinajstić information content (AvgIpc) is 3.49. The van der Waals surface area contributed by atoms with Crippen LogP contribution in [0, 0.1) is 0 Å². The summed E-state index contributed by atoms with van der Waals surface area (Å²) >= 11 is 7.86. The van der Waals surface area contributed by atoms with E-state index in [1.165, 1.54) is 22.9 Å². The Labute approximate surface area is 255 Å². The van der Waals surface area contributed by atoms with Gasteiger partial charge in [0.15, 0.2) is 16.7 Å². The quantitative estimate of drug-likeness (QED) is 0.137. The summed E-state index contributed by atoms with van der Waals surface area (Å²) in [4.78, 5) is 28.9. The molecular weight excluding hydrogens is 570 g/mol. The van der Waals surface area contributed by atoms with Crippen LogP contribution in [0.25, 0.3) is 0 Å². The number of halogens is 1. The predicted molar refractivity (Wildman–Crippen MR) is 165 cm³/mol. The average molecular weight is 602 g/mol. The summed E-state index contributed by atoms with van der Waals surface area (Å²) < 4.78 is 10.9. The van der Waals surface area contributed by atoms with Crippen LogP contribution in [0.2, 0.25) is 5.15 Å². The number of carbonyl (C=O) groups excluding carboxylic acids is 1. The van der Waals surface area contributed by atoms with Crippen molar-refractivity contribution in [3.8, 4) is 11.5 Å². The van der Waals surface area contributed by atoms with Gasteiger partial charge in [-0.05, 0) is 41.0 Å². The van der Waals surface area contributed by atoms with E-state index >= 15 is 0 Å². The molecule has 0 radical (unpaired) electrons. The maximum Gasteiger partial charge on any atom is 0.253 e. The number of hydrogen-bond donors (Lipinski definition) is 0. The van der Waals surface area contributed by atoms with Gasteiger partial charge in [-0.25, -0.2) is 9.97 Å². The lowest BCUT2D eigenvalue weighted by atomic mass is 10.1. The third-order valence-corrected chi connectivity index (χ3v) is 8.47. The number of hydrogen-bond acceptors (Lipinski definition) is 8. The lowest BCUT2D eigenvalue weighted by Crippen LogP contribution is -2.48. The van der Waals surface area contributed by atoms with Crippen molar-refractivity contribution in [3.05, 3.63) is 106 Å². The molecule has 0 N–H and O–H groups in total. The van der Waals surface area contributed by atoms with E-state index < -0.39 is 0 Å². The molecule has 0 saturated carbocycles. The normalized spacial score (nSPS) is 14.7. The minimum atomic E-state index is 0.0633. The first-order valence-corrected chi connectivity index (χ1v) is 15.3. The van der Waals surface area contributed by atoms with Crippen LogP contribution < -0.4 is 14.4 Å². The molecule has 1 amide bonds. The zero-order chi connectivity index (χ0) is 28.9. The van der Waals surface area contributed by atoms with Crippen molar-refractivity contribution in [1.82, 2.24) is 19.8 Å². The third kappa shape index (κ3) is 6.98. The number of amides is 1. The Kier molecular flexibility index (Phi) is 8.79. The first kappa shape index (κ1) is 28.3. The number of thioether (sulfide) groups is 1. The second-order valence-corrected chi connectivity index (χ2v) is 11.7. The van der Waals surface area contributed by atoms with Gasteiger partial charge in [0.25, 0.3) is 5.91 Å². The highest BCUT2D eigenvalue weighted by Gasteiger charge is 2.23. The van der Waals surface area contributed by atoms with Crippen molar-refractivity contribution in [3.63, 3.8) is 0 Å². The van der Waals surface area contributed by atoms with Crippen LogP contribution in [0.15, 0.2) is 84.0 Å². The topological polar surface area (TPSA) is 71.0 Å². The van der Waals surface area contributed by atoms with Crippen molar-refractivity contribution in [2.75, 3.05) is 44.9 Å². The summed E-state index contributed by atoms with van der Waals surface area (Å²) in [5.41, 5.74) is 4.11. The Bertz CT molecular complexity index is 1550. The molecule has 3 aromatic carbocycles. The summed E-state index contributed by atoms with van der Waals surface area (Å²) in [6.45, 7) is 4.85.